The summed E-state index contributed by atoms with van der Waals surface area (Å²) >= 11 is 0. The lowest BCUT2D eigenvalue weighted by atomic mass is 10.1. The molecule has 0 bridgehead atoms. The van der Waals surface area contributed by atoms with Gasteiger partial charge in [0.25, 0.3) is 0 Å². The minimum absolute atomic E-state index is 0. The lowest BCUT2D eigenvalue weighted by Crippen LogP contribution is -2.27. The summed E-state index contributed by atoms with van der Waals surface area (Å²) in [5.74, 6) is 3.72. The Morgan fingerprint density at radius 1 is 0.809 bits per heavy atom. The lowest BCUT2D eigenvalue weighted by Gasteiger charge is -2.19. The molecule has 17 nitrogen and oxygen atoms in total. The van der Waals surface area contributed by atoms with Crippen molar-refractivity contribution in [2.45, 2.75) is 227 Å². The number of aromatic amines is 1. The quantitative estimate of drug-likeness (QED) is 0.0145. The fraction of sp³-hybridized carbons (Fsp3) is 0.740. The topological polar surface area (TPSA) is 250 Å². The second-order valence-corrected chi connectivity index (χ2v) is 18.2. The van der Waals surface area contributed by atoms with Crippen LogP contribution in [0.1, 0.15) is 212 Å². The van der Waals surface area contributed by atoms with Gasteiger partial charge in [0, 0.05) is 68.3 Å². The van der Waals surface area contributed by atoms with Crippen molar-refractivity contribution in [3.8, 4) is 12.3 Å². The Morgan fingerprint density at radius 2 is 1.38 bits per heavy atom. The van der Waals surface area contributed by atoms with Crippen LogP contribution in [-0.4, -0.2) is 71.0 Å². The molecule has 3 rings (SSSR count). The number of amides is 1. The van der Waals surface area contributed by atoms with Gasteiger partial charge in [-0.15, -0.1) is 29.8 Å². The maximum absolute atomic E-state index is 12.0. The second kappa shape index (κ2) is 40.9. The van der Waals surface area contributed by atoms with Crippen molar-refractivity contribution in [2.24, 2.45) is 5.11 Å². The monoisotopic (exact) mass is 970 g/mol. The van der Waals surface area contributed by atoms with Crippen LogP contribution in [0.2, 0.25) is 0 Å². The van der Waals surface area contributed by atoms with Gasteiger partial charge in [0.2, 0.25) is 11.9 Å². The number of nitrogen functional groups attached to an aromatic ring is 2. The molecule has 0 radical (unpaired) electrons. The normalized spacial score (nSPS) is 10.6. The molecule has 384 valence electrons. The van der Waals surface area contributed by atoms with Gasteiger partial charge in [0.1, 0.15) is 11.4 Å². The molecule has 0 spiro atoms. The molecule has 6 N–H and O–H groups in total. The maximum Gasteiger partial charge on any atom is 0.421 e. The number of terminal acetylenes is 1. The summed E-state index contributed by atoms with van der Waals surface area (Å²) in [5, 5.41) is 14.5. The Labute approximate surface area is 414 Å². The van der Waals surface area contributed by atoms with E-state index in [4.69, 9.17) is 28.2 Å². The number of carbonyl (C=O) groups is 3. The van der Waals surface area contributed by atoms with E-state index in [2.05, 4.69) is 60.4 Å². The number of H-pyrrole nitrogens is 1. The summed E-state index contributed by atoms with van der Waals surface area (Å²) in [4.78, 5) is 49.1. The standard InChI is InChI=1S/C23H40N6O.C15H23N3O2.C12H24N4O.ClH/c1-2-3-4-5-6-7-11-15-22(30)16-12-17-29-19-21(27-28-29)14-10-8-9-13-20-18-25-23(24)26-20;1-5-6-7-8-9-10-12-11-18(13(16)17-12)14(19)20-15(2,3)4;1-2-3-4-5-6-7-8-9-12(17)14-10-11-15-16-13;/h18-19H,2-17H2,1H3,(H3,24,25,26);1,11H,6-10H2,2-4H3,(H2,16,17);2-11H2,1H3,(H,14,17);1H. The molecular formula is C50H88ClN13O4. The molecule has 0 saturated carbocycles. The number of nitrogens with zero attached hydrogens (tertiary/aromatic N) is 9. The van der Waals surface area contributed by atoms with Gasteiger partial charge < -0.3 is 26.5 Å². The molecule has 0 atom stereocenters. The predicted molar refractivity (Wildman–Crippen MR) is 277 cm³/mol. The van der Waals surface area contributed by atoms with E-state index in [0.717, 1.165) is 120 Å². The van der Waals surface area contributed by atoms with Crippen LogP contribution in [0.3, 0.4) is 0 Å². The largest absolute Gasteiger partial charge is 0.443 e. The van der Waals surface area contributed by atoms with Crippen LogP contribution in [0.4, 0.5) is 16.7 Å². The van der Waals surface area contributed by atoms with Gasteiger partial charge in [-0.25, -0.2) is 19.3 Å². The number of hydrogen-bond acceptors (Lipinski definition) is 11. The molecule has 0 aliphatic carbocycles. The molecule has 3 heterocycles. The van der Waals surface area contributed by atoms with Gasteiger partial charge in [-0.1, -0.05) is 114 Å². The number of halogens is 1. The molecule has 0 aliphatic rings. The summed E-state index contributed by atoms with van der Waals surface area (Å²) in [6, 6.07) is 0. The van der Waals surface area contributed by atoms with E-state index in [1.54, 1.807) is 12.4 Å². The lowest BCUT2D eigenvalue weighted by molar-refractivity contribution is -0.121. The molecule has 0 unspecified atom stereocenters. The van der Waals surface area contributed by atoms with E-state index in [1.807, 2.05) is 31.6 Å². The van der Waals surface area contributed by atoms with Crippen molar-refractivity contribution in [1.82, 2.24) is 39.8 Å². The van der Waals surface area contributed by atoms with Crippen molar-refractivity contribution >= 4 is 42.1 Å². The number of azide groups is 1. The van der Waals surface area contributed by atoms with Crippen molar-refractivity contribution in [3.05, 3.63) is 46.1 Å². The van der Waals surface area contributed by atoms with Crippen LogP contribution < -0.4 is 16.8 Å². The van der Waals surface area contributed by atoms with Gasteiger partial charge in [-0.2, -0.15) is 0 Å². The zero-order chi connectivity index (χ0) is 49.4. The van der Waals surface area contributed by atoms with Crippen molar-refractivity contribution in [1.29, 1.82) is 0 Å². The third kappa shape index (κ3) is 35.1. The molecule has 0 saturated heterocycles. The van der Waals surface area contributed by atoms with E-state index in [0.29, 0.717) is 37.7 Å². The number of nitrogens with two attached hydrogens (primary N) is 2. The van der Waals surface area contributed by atoms with Crippen LogP contribution in [0.15, 0.2) is 23.7 Å². The van der Waals surface area contributed by atoms with Gasteiger partial charge in [-0.05, 0) is 90.5 Å². The summed E-state index contributed by atoms with van der Waals surface area (Å²) in [5.41, 5.74) is 21.7. The third-order valence-corrected chi connectivity index (χ3v) is 10.7. The summed E-state index contributed by atoms with van der Waals surface area (Å²) in [6.45, 7) is 11.4. The first-order valence-corrected chi connectivity index (χ1v) is 25.3. The molecule has 1 amide bonds. The number of ketones is 1. The number of anilines is 2. The number of Topliss-reactive ketones (excluding diaryl/α,β-unsaturated/α-hetero) is 1. The highest BCUT2D eigenvalue weighted by atomic mass is 35.5. The number of ether oxygens (including phenoxy) is 1. The molecule has 0 aliphatic heterocycles. The number of rotatable bonds is 34. The molecular weight excluding hydrogens is 882 g/mol. The van der Waals surface area contributed by atoms with E-state index in [1.165, 1.54) is 75.2 Å². The molecule has 3 aromatic rings. The number of aryl methyl sites for hydroxylation is 4. The Bertz CT molecular complexity index is 1840. The Balaban J connectivity index is 0.00000104. The zero-order valence-corrected chi connectivity index (χ0v) is 43.3. The van der Waals surface area contributed by atoms with Crippen LogP contribution in [0.5, 0.6) is 0 Å². The number of unbranched alkanes of at least 4 members (excludes halogenated alkanes) is 17. The highest BCUT2D eigenvalue weighted by molar-refractivity contribution is 5.85. The van der Waals surface area contributed by atoms with Crippen LogP contribution in [0.25, 0.3) is 10.4 Å². The fourth-order valence-corrected chi connectivity index (χ4v) is 7.06. The SMILES string of the molecule is C#CCCCCCc1cn(C(=O)OC(C)(C)C)c(N)n1.CCCCCCCCCC(=O)CCCn1cc(CCCCCc2cnc(N)[nH]2)nn1.CCCCCCCCCC(=O)NCCN=[N+]=[N-].Cl. The van der Waals surface area contributed by atoms with Crippen LogP contribution >= 0.6 is 12.4 Å². The molecule has 68 heavy (non-hydrogen) atoms. The predicted octanol–water partition coefficient (Wildman–Crippen LogP) is 12.0. The van der Waals surface area contributed by atoms with Crippen LogP contribution in [0, 0.1) is 12.3 Å². The number of aromatic nitrogens is 7. The fourth-order valence-electron chi connectivity index (χ4n) is 7.06. The Morgan fingerprint density at radius 3 is 1.99 bits per heavy atom. The van der Waals surface area contributed by atoms with Crippen molar-refractivity contribution in [3.63, 3.8) is 0 Å². The number of nitrogens with one attached hydrogen (secondary N) is 2. The van der Waals surface area contributed by atoms with Crippen LogP contribution in [-0.2, 0) is 40.1 Å². The molecule has 0 fully saturated rings. The Kier molecular flexibility index (Phi) is 37.9. The number of carbonyl (C=O) groups excluding carboxylic acids is 3. The molecule has 3 aromatic heterocycles. The minimum atomic E-state index is -0.552. The molecule has 18 heteroatoms. The zero-order valence-electron chi connectivity index (χ0n) is 42.5. The second-order valence-electron chi connectivity index (χ2n) is 18.2. The van der Waals surface area contributed by atoms with Gasteiger partial charge in [0.15, 0.2) is 5.95 Å². The number of hydrogen-bond donors (Lipinski definition) is 4. The minimum Gasteiger partial charge on any atom is -0.443 e. The third-order valence-electron chi connectivity index (χ3n) is 10.7. The van der Waals surface area contributed by atoms with E-state index in [9.17, 15) is 14.4 Å². The van der Waals surface area contributed by atoms with Crippen molar-refractivity contribution < 1.29 is 19.1 Å². The number of imidazole rings is 2. The molecule has 0 aromatic carbocycles. The summed E-state index contributed by atoms with van der Waals surface area (Å²) in [6.07, 6.45) is 40.2. The highest BCUT2D eigenvalue weighted by Gasteiger charge is 2.20. The Hall–Kier alpha value is -5.07. The average Bonchev–Trinajstić information content (AvgIpc) is 4.03. The van der Waals surface area contributed by atoms with E-state index < -0.39 is 11.7 Å². The smallest absolute Gasteiger partial charge is 0.421 e. The van der Waals surface area contributed by atoms with Crippen molar-refractivity contribution in [2.75, 3.05) is 24.6 Å². The van der Waals surface area contributed by atoms with Gasteiger partial charge >= 0.3 is 6.09 Å². The first kappa shape index (κ1) is 62.9. The van der Waals surface area contributed by atoms with E-state index in [-0.39, 0.29) is 24.3 Å². The first-order valence-electron chi connectivity index (χ1n) is 25.3. The van der Waals surface area contributed by atoms with E-state index >= 15 is 0 Å². The first-order chi connectivity index (χ1) is 32.3. The average molecular weight is 971 g/mol. The summed E-state index contributed by atoms with van der Waals surface area (Å²) < 4.78 is 8.39. The van der Waals surface area contributed by atoms with Gasteiger partial charge in [-0.3, -0.25) is 14.3 Å². The highest BCUT2D eigenvalue weighted by Crippen LogP contribution is 2.15. The van der Waals surface area contributed by atoms with Gasteiger partial charge in [0.05, 0.1) is 17.6 Å². The maximum atomic E-state index is 12.0. The summed E-state index contributed by atoms with van der Waals surface area (Å²) in [7, 11) is 0.